The van der Waals surface area contributed by atoms with Crippen molar-refractivity contribution < 1.29 is 80.2 Å². The van der Waals surface area contributed by atoms with E-state index in [0.717, 1.165) is 120 Å². The second-order valence-corrected chi connectivity index (χ2v) is 31.7. The fourth-order valence-electron chi connectivity index (χ4n) is 11.5. The summed E-state index contributed by atoms with van der Waals surface area (Å²) in [6, 6.07) is 0. The van der Waals surface area contributed by atoms with E-state index in [4.69, 9.17) is 37.0 Å². The van der Waals surface area contributed by atoms with E-state index in [-0.39, 0.29) is 25.7 Å². The Morgan fingerprint density at radius 3 is 0.747 bits per heavy atom. The van der Waals surface area contributed by atoms with Gasteiger partial charge in [0, 0.05) is 25.7 Å². The number of aliphatic hydroxyl groups is 1. The van der Waals surface area contributed by atoms with Gasteiger partial charge in [0.15, 0.2) is 12.2 Å². The quantitative estimate of drug-likeness (QED) is 0.0222. The Bertz CT molecular complexity index is 1870. The van der Waals surface area contributed by atoms with Crippen LogP contribution in [0, 0.1) is 23.7 Å². The van der Waals surface area contributed by atoms with Crippen LogP contribution >= 0.6 is 15.6 Å². The van der Waals surface area contributed by atoms with Gasteiger partial charge in [-0.15, -0.1) is 0 Å². The summed E-state index contributed by atoms with van der Waals surface area (Å²) in [5.41, 5.74) is 0. The highest BCUT2D eigenvalue weighted by Crippen LogP contribution is 2.45. The van der Waals surface area contributed by atoms with Crippen LogP contribution in [0.1, 0.15) is 383 Å². The second-order valence-electron chi connectivity index (χ2n) is 28.8. The summed E-state index contributed by atoms with van der Waals surface area (Å²) in [5, 5.41) is 10.6. The maximum absolute atomic E-state index is 13.1. The summed E-state index contributed by atoms with van der Waals surface area (Å²) in [7, 11) is -9.91. The van der Waals surface area contributed by atoms with E-state index in [1.165, 1.54) is 173 Å². The lowest BCUT2D eigenvalue weighted by Gasteiger charge is -2.21. The SMILES string of the molecule is CCC(C)CCCCCCCCCCCCCCCCCCCCC(=O)O[C@H](COC(=O)CCCCCCCCC(C)CC)COP(=O)(O)OC[C@H](O)COP(=O)(O)OC[C@@H](COC(=O)CCCCCCCCCC(C)C)OC(=O)CCCCCCCCCCCCC(C)C. The minimum atomic E-state index is -4.96. The molecule has 7 atom stereocenters. The molecule has 0 amide bonds. The van der Waals surface area contributed by atoms with Gasteiger partial charge in [-0.25, -0.2) is 9.13 Å². The summed E-state index contributed by atoms with van der Waals surface area (Å²) < 4.78 is 68.4. The fraction of sp³-hybridized carbons (Fsp3) is 0.947. The lowest BCUT2D eigenvalue weighted by atomic mass is 9.99. The Kier molecular flexibility index (Phi) is 64.0. The average molecular weight is 1400 g/mol. The van der Waals surface area contributed by atoms with Gasteiger partial charge in [-0.05, 0) is 49.4 Å². The normalized spacial score (nSPS) is 14.7. The maximum Gasteiger partial charge on any atom is 0.472 e. The van der Waals surface area contributed by atoms with Crippen molar-refractivity contribution in [3.8, 4) is 0 Å². The number of carbonyl (C=O) groups excluding carboxylic acids is 4. The number of rotatable bonds is 73. The van der Waals surface area contributed by atoms with Crippen LogP contribution in [-0.4, -0.2) is 96.7 Å². The van der Waals surface area contributed by atoms with Crippen molar-refractivity contribution in [2.45, 2.75) is 401 Å². The highest BCUT2D eigenvalue weighted by molar-refractivity contribution is 7.47. The summed E-state index contributed by atoms with van der Waals surface area (Å²) in [6.07, 6.45) is 50.2. The molecule has 3 N–H and O–H groups in total. The summed E-state index contributed by atoms with van der Waals surface area (Å²) in [4.78, 5) is 72.7. The van der Waals surface area contributed by atoms with E-state index in [1.807, 2.05) is 0 Å². The first-order valence-corrected chi connectivity index (χ1v) is 42.3. The fourth-order valence-corrected chi connectivity index (χ4v) is 13.1. The largest absolute Gasteiger partial charge is 0.472 e. The maximum atomic E-state index is 13.1. The van der Waals surface area contributed by atoms with Gasteiger partial charge >= 0.3 is 39.5 Å². The lowest BCUT2D eigenvalue weighted by molar-refractivity contribution is -0.161. The molecule has 0 aliphatic heterocycles. The summed E-state index contributed by atoms with van der Waals surface area (Å²) in [6.45, 7) is 14.2. The molecule has 0 aromatic rings. The number of hydrogen-bond donors (Lipinski definition) is 3. The minimum Gasteiger partial charge on any atom is -0.462 e. The van der Waals surface area contributed by atoms with Crippen molar-refractivity contribution in [1.82, 2.24) is 0 Å². The van der Waals surface area contributed by atoms with Crippen LogP contribution < -0.4 is 0 Å². The van der Waals surface area contributed by atoms with Crippen LogP contribution in [-0.2, 0) is 65.4 Å². The molecule has 0 fully saturated rings. The number of aliphatic hydroxyl groups excluding tert-OH is 1. The Morgan fingerprint density at radius 2 is 0.505 bits per heavy atom. The molecule has 0 heterocycles. The lowest BCUT2D eigenvalue weighted by Crippen LogP contribution is -2.30. The smallest absolute Gasteiger partial charge is 0.462 e. The third kappa shape index (κ3) is 67.6. The molecule has 564 valence electrons. The molecule has 0 radical (unpaired) electrons. The summed E-state index contributed by atoms with van der Waals surface area (Å²) in [5.74, 6) is 0.934. The van der Waals surface area contributed by atoms with E-state index in [1.54, 1.807) is 0 Å². The molecular formula is C76H148O17P2. The average Bonchev–Trinajstić information content (AvgIpc) is 1.30. The Morgan fingerprint density at radius 1 is 0.295 bits per heavy atom. The highest BCUT2D eigenvalue weighted by atomic mass is 31.2. The monoisotopic (exact) mass is 1400 g/mol. The van der Waals surface area contributed by atoms with Gasteiger partial charge in [-0.1, -0.05) is 331 Å². The first-order valence-electron chi connectivity index (χ1n) is 39.3. The van der Waals surface area contributed by atoms with Crippen molar-refractivity contribution in [2.24, 2.45) is 23.7 Å². The third-order valence-electron chi connectivity index (χ3n) is 18.3. The zero-order valence-corrected chi connectivity index (χ0v) is 64.1. The Balaban J connectivity index is 5.17. The first kappa shape index (κ1) is 93.1. The molecule has 0 rings (SSSR count). The molecular weight excluding hydrogens is 1250 g/mol. The van der Waals surface area contributed by atoms with E-state index in [9.17, 15) is 43.2 Å². The minimum absolute atomic E-state index is 0.105. The molecule has 19 heteroatoms. The van der Waals surface area contributed by atoms with Crippen LogP contribution in [0.2, 0.25) is 0 Å². The highest BCUT2D eigenvalue weighted by Gasteiger charge is 2.30. The number of esters is 4. The van der Waals surface area contributed by atoms with Crippen LogP contribution in [0.4, 0.5) is 0 Å². The number of unbranched alkanes of at least 4 members (excludes halogenated alkanes) is 37. The molecule has 95 heavy (non-hydrogen) atoms. The predicted molar refractivity (Wildman–Crippen MR) is 386 cm³/mol. The Hall–Kier alpha value is -1.94. The number of ether oxygens (including phenoxy) is 4. The van der Waals surface area contributed by atoms with Gasteiger partial charge in [0.05, 0.1) is 26.4 Å². The van der Waals surface area contributed by atoms with E-state index >= 15 is 0 Å². The van der Waals surface area contributed by atoms with Gasteiger partial charge in [0.2, 0.25) is 0 Å². The molecule has 0 spiro atoms. The number of phosphoric acid groups is 2. The molecule has 4 unspecified atom stereocenters. The van der Waals surface area contributed by atoms with Gasteiger partial charge in [0.25, 0.3) is 0 Å². The van der Waals surface area contributed by atoms with Gasteiger partial charge in [-0.2, -0.15) is 0 Å². The topological polar surface area (TPSA) is 237 Å². The molecule has 0 saturated carbocycles. The van der Waals surface area contributed by atoms with Crippen LogP contribution in [0.3, 0.4) is 0 Å². The standard InChI is InChI=1S/C76H148O17P2/c1-9-68(7)54-46-38-30-24-19-17-15-13-11-12-14-16-18-20-25-31-42-50-58-75(80)93-72(63-87-74(79)57-49-41-35-34-39-47-55-69(8)10-2)65-91-95(84,85)89-61-70(77)60-88-94(82,83)90-64-71(62-86-73(78)56-48-40-33-27-29-37-45-53-67(5)6)92-76(81)59-51-43-32-26-22-21-23-28-36-44-52-66(3)4/h66-72,77H,9-65H2,1-8H3,(H,82,83)(H,84,85)/t68?,69?,70-,71-,72-/m1/s1. The second kappa shape index (κ2) is 65.4. The van der Waals surface area contributed by atoms with E-state index in [2.05, 4.69) is 55.4 Å². The number of carbonyl (C=O) groups is 4. The molecule has 0 saturated heterocycles. The molecule has 0 aromatic carbocycles. The first-order chi connectivity index (χ1) is 45.7. The van der Waals surface area contributed by atoms with Crippen molar-refractivity contribution in [1.29, 1.82) is 0 Å². The molecule has 0 aliphatic rings. The molecule has 0 aromatic heterocycles. The zero-order valence-electron chi connectivity index (χ0n) is 62.3. The zero-order chi connectivity index (χ0) is 70.3. The van der Waals surface area contributed by atoms with Crippen LogP contribution in [0.15, 0.2) is 0 Å². The number of phosphoric ester groups is 2. The summed E-state index contributed by atoms with van der Waals surface area (Å²) >= 11 is 0. The Labute approximate surface area is 581 Å². The van der Waals surface area contributed by atoms with E-state index < -0.39 is 97.5 Å². The van der Waals surface area contributed by atoms with Crippen molar-refractivity contribution in [2.75, 3.05) is 39.6 Å². The van der Waals surface area contributed by atoms with Crippen molar-refractivity contribution in [3.63, 3.8) is 0 Å². The third-order valence-corrected chi connectivity index (χ3v) is 20.2. The van der Waals surface area contributed by atoms with Crippen LogP contribution in [0.25, 0.3) is 0 Å². The van der Waals surface area contributed by atoms with Crippen molar-refractivity contribution in [3.05, 3.63) is 0 Å². The molecule has 17 nitrogen and oxygen atoms in total. The van der Waals surface area contributed by atoms with E-state index in [0.29, 0.717) is 31.6 Å². The van der Waals surface area contributed by atoms with Gasteiger partial charge < -0.3 is 33.8 Å². The molecule has 0 aliphatic carbocycles. The van der Waals surface area contributed by atoms with Crippen molar-refractivity contribution >= 4 is 39.5 Å². The van der Waals surface area contributed by atoms with Gasteiger partial charge in [-0.3, -0.25) is 37.3 Å². The molecule has 0 bridgehead atoms. The van der Waals surface area contributed by atoms with Crippen LogP contribution in [0.5, 0.6) is 0 Å². The van der Waals surface area contributed by atoms with Gasteiger partial charge in [0.1, 0.15) is 19.3 Å². The predicted octanol–water partition coefficient (Wildman–Crippen LogP) is 22.0. The number of hydrogen-bond acceptors (Lipinski definition) is 15.